The van der Waals surface area contributed by atoms with Gasteiger partial charge in [0, 0.05) is 5.56 Å². The minimum absolute atomic E-state index is 0.341. The van der Waals surface area contributed by atoms with Gasteiger partial charge >= 0.3 is 0 Å². The van der Waals surface area contributed by atoms with Gasteiger partial charge in [-0.3, -0.25) is 9.59 Å². The van der Waals surface area contributed by atoms with E-state index in [4.69, 9.17) is 5.73 Å². The molecule has 0 radical (unpaired) electrons. The lowest BCUT2D eigenvalue weighted by Crippen LogP contribution is -2.22. The van der Waals surface area contributed by atoms with E-state index in [2.05, 4.69) is 0 Å². The molecule has 0 atom stereocenters. The summed E-state index contributed by atoms with van der Waals surface area (Å²) in [6.07, 6.45) is 0. The van der Waals surface area contributed by atoms with Crippen molar-refractivity contribution in [1.82, 2.24) is 0 Å². The Hall–Kier alpha value is -1.64. The third kappa shape index (κ3) is 1.69. The first-order valence-electron chi connectivity index (χ1n) is 3.52. The minimum atomic E-state index is -0.918. The predicted octanol–water partition coefficient (Wildman–Crippen LogP) is 0.663. The molecular formula is C9H9NO2. The molecule has 0 aliphatic carbocycles. The molecule has 62 valence electrons. The van der Waals surface area contributed by atoms with Crippen LogP contribution in [0.25, 0.3) is 0 Å². The van der Waals surface area contributed by atoms with Gasteiger partial charge in [-0.05, 0) is 6.92 Å². The second-order valence-corrected chi connectivity index (χ2v) is 2.56. The van der Waals surface area contributed by atoms with E-state index >= 15 is 0 Å². The standard InChI is InChI=1S/C9H9NO2/c1-6-2-4-7(5-3-6)8(11)9(10)12/h2-5H,1H3,(H2,10,12). The fourth-order valence-corrected chi connectivity index (χ4v) is 0.847. The van der Waals surface area contributed by atoms with Gasteiger partial charge < -0.3 is 5.73 Å². The number of rotatable bonds is 2. The number of ketones is 1. The van der Waals surface area contributed by atoms with E-state index in [1.807, 2.05) is 6.92 Å². The van der Waals surface area contributed by atoms with Gasteiger partial charge in [-0.15, -0.1) is 0 Å². The van der Waals surface area contributed by atoms with Crippen LogP contribution in [0.15, 0.2) is 24.3 Å². The summed E-state index contributed by atoms with van der Waals surface area (Å²) < 4.78 is 0. The highest BCUT2D eigenvalue weighted by Gasteiger charge is 2.10. The molecule has 0 saturated heterocycles. The molecule has 0 bridgehead atoms. The summed E-state index contributed by atoms with van der Waals surface area (Å²) in [6, 6.07) is 6.69. The van der Waals surface area contributed by atoms with Gasteiger partial charge in [0.2, 0.25) is 5.78 Å². The van der Waals surface area contributed by atoms with Crippen molar-refractivity contribution in [3.63, 3.8) is 0 Å². The van der Waals surface area contributed by atoms with Crippen molar-refractivity contribution in [3.05, 3.63) is 35.4 Å². The van der Waals surface area contributed by atoms with E-state index in [0.717, 1.165) is 5.56 Å². The van der Waals surface area contributed by atoms with E-state index < -0.39 is 11.7 Å². The van der Waals surface area contributed by atoms with Crippen molar-refractivity contribution in [1.29, 1.82) is 0 Å². The summed E-state index contributed by atoms with van der Waals surface area (Å²) in [4.78, 5) is 21.4. The Morgan fingerprint density at radius 3 is 2.08 bits per heavy atom. The highest BCUT2D eigenvalue weighted by atomic mass is 16.2. The van der Waals surface area contributed by atoms with Crippen molar-refractivity contribution in [2.45, 2.75) is 6.92 Å². The molecule has 3 heteroatoms. The normalized spacial score (nSPS) is 9.42. The lowest BCUT2D eigenvalue weighted by atomic mass is 10.1. The summed E-state index contributed by atoms with van der Waals surface area (Å²) in [5, 5.41) is 0. The SMILES string of the molecule is Cc1ccc(C(=O)C(N)=O)cc1. The van der Waals surface area contributed by atoms with Crippen LogP contribution in [0, 0.1) is 6.92 Å². The number of carbonyl (C=O) groups is 2. The van der Waals surface area contributed by atoms with E-state index in [1.54, 1.807) is 24.3 Å². The van der Waals surface area contributed by atoms with Gasteiger partial charge in [-0.2, -0.15) is 0 Å². The summed E-state index contributed by atoms with van der Waals surface area (Å²) in [7, 11) is 0. The van der Waals surface area contributed by atoms with Crippen LogP contribution in [0.1, 0.15) is 15.9 Å². The summed E-state index contributed by atoms with van der Waals surface area (Å²) in [5.74, 6) is -1.56. The topological polar surface area (TPSA) is 60.2 Å². The highest BCUT2D eigenvalue weighted by molar-refractivity contribution is 6.42. The number of primary amides is 1. The third-order valence-electron chi connectivity index (χ3n) is 1.54. The van der Waals surface area contributed by atoms with Crippen molar-refractivity contribution >= 4 is 11.7 Å². The average molecular weight is 163 g/mol. The maximum atomic E-state index is 11.0. The van der Waals surface area contributed by atoms with Crippen LogP contribution in [0.4, 0.5) is 0 Å². The number of Topliss-reactive ketones (excluding diaryl/α,β-unsaturated/α-hetero) is 1. The summed E-state index contributed by atoms with van der Waals surface area (Å²) >= 11 is 0. The van der Waals surface area contributed by atoms with E-state index in [-0.39, 0.29) is 0 Å². The molecule has 1 amide bonds. The number of hydrogen-bond donors (Lipinski definition) is 1. The molecule has 0 fully saturated rings. The Morgan fingerprint density at radius 1 is 1.17 bits per heavy atom. The quantitative estimate of drug-likeness (QED) is 0.514. The largest absolute Gasteiger partial charge is 0.363 e. The van der Waals surface area contributed by atoms with Crippen LogP contribution in [-0.4, -0.2) is 11.7 Å². The number of benzene rings is 1. The van der Waals surface area contributed by atoms with Crippen LogP contribution >= 0.6 is 0 Å². The molecule has 0 spiro atoms. The maximum Gasteiger partial charge on any atom is 0.289 e. The Balaban J connectivity index is 2.98. The zero-order valence-electron chi connectivity index (χ0n) is 6.70. The number of aryl methyl sites for hydroxylation is 1. The summed E-state index contributed by atoms with van der Waals surface area (Å²) in [6.45, 7) is 1.90. The van der Waals surface area contributed by atoms with Crippen molar-refractivity contribution < 1.29 is 9.59 Å². The lowest BCUT2D eigenvalue weighted by Gasteiger charge is -1.96. The molecule has 3 nitrogen and oxygen atoms in total. The van der Waals surface area contributed by atoms with Crippen molar-refractivity contribution in [2.24, 2.45) is 5.73 Å². The molecule has 2 N–H and O–H groups in total. The molecule has 0 heterocycles. The average Bonchev–Trinajstić information content (AvgIpc) is 2.04. The van der Waals surface area contributed by atoms with E-state index in [1.165, 1.54) is 0 Å². The first kappa shape index (κ1) is 8.46. The molecule has 1 rings (SSSR count). The predicted molar refractivity (Wildman–Crippen MR) is 44.7 cm³/mol. The Labute approximate surface area is 70.2 Å². The molecule has 0 unspecified atom stereocenters. The monoisotopic (exact) mass is 163 g/mol. The minimum Gasteiger partial charge on any atom is -0.363 e. The smallest absolute Gasteiger partial charge is 0.289 e. The van der Waals surface area contributed by atoms with Gasteiger partial charge in [0.15, 0.2) is 0 Å². The Bertz CT molecular complexity index is 314. The fourth-order valence-electron chi connectivity index (χ4n) is 0.847. The van der Waals surface area contributed by atoms with Gasteiger partial charge in [0.25, 0.3) is 5.91 Å². The van der Waals surface area contributed by atoms with E-state index in [0.29, 0.717) is 5.56 Å². The molecule has 1 aromatic rings. The van der Waals surface area contributed by atoms with Crippen LogP contribution in [0.5, 0.6) is 0 Å². The second kappa shape index (κ2) is 3.17. The molecule has 12 heavy (non-hydrogen) atoms. The zero-order chi connectivity index (χ0) is 9.14. The molecular weight excluding hydrogens is 154 g/mol. The van der Waals surface area contributed by atoms with Gasteiger partial charge in [0.1, 0.15) is 0 Å². The zero-order valence-corrected chi connectivity index (χ0v) is 6.70. The molecule has 0 aliphatic heterocycles. The van der Waals surface area contributed by atoms with Crippen LogP contribution in [-0.2, 0) is 4.79 Å². The lowest BCUT2D eigenvalue weighted by molar-refractivity contribution is -0.114. The molecule has 0 saturated carbocycles. The number of hydrogen-bond acceptors (Lipinski definition) is 2. The molecule has 0 aliphatic rings. The Morgan fingerprint density at radius 2 is 1.67 bits per heavy atom. The Kier molecular flexibility index (Phi) is 2.24. The first-order chi connectivity index (χ1) is 5.61. The first-order valence-corrected chi connectivity index (χ1v) is 3.52. The third-order valence-corrected chi connectivity index (χ3v) is 1.54. The highest BCUT2D eigenvalue weighted by Crippen LogP contribution is 2.03. The molecule has 0 aromatic heterocycles. The van der Waals surface area contributed by atoms with Gasteiger partial charge in [-0.1, -0.05) is 29.8 Å². The molecule has 1 aromatic carbocycles. The maximum absolute atomic E-state index is 11.0. The van der Waals surface area contributed by atoms with Gasteiger partial charge in [0.05, 0.1) is 0 Å². The van der Waals surface area contributed by atoms with Crippen molar-refractivity contribution in [3.8, 4) is 0 Å². The number of amides is 1. The van der Waals surface area contributed by atoms with Crippen molar-refractivity contribution in [2.75, 3.05) is 0 Å². The van der Waals surface area contributed by atoms with E-state index in [9.17, 15) is 9.59 Å². The van der Waals surface area contributed by atoms with Crippen LogP contribution in [0.3, 0.4) is 0 Å². The number of nitrogens with two attached hydrogens (primary N) is 1. The summed E-state index contributed by atoms with van der Waals surface area (Å²) in [5.41, 5.74) is 6.20. The second-order valence-electron chi connectivity index (χ2n) is 2.56. The fraction of sp³-hybridized carbons (Fsp3) is 0.111. The van der Waals surface area contributed by atoms with Gasteiger partial charge in [-0.25, -0.2) is 0 Å². The number of carbonyl (C=O) groups excluding carboxylic acids is 2. The van der Waals surface area contributed by atoms with Crippen LogP contribution < -0.4 is 5.73 Å². The van der Waals surface area contributed by atoms with Crippen LogP contribution in [0.2, 0.25) is 0 Å².